The van der Waals surface area contributed by atoms with Crippen molar-refractivity contribution in [2.45, 2.75) is 6.92 Å². The van der Waals surface area contributed by atoms with Gasteiger partial charge in [-0.1, -0.05) is 18.2 Å². The summed E-state index contributed by atoms with van der Waals surface area (Å²) in [5.41, 5.74) is 3.28. The van der Waals surface area contributed by atoms with Crippen molar-refractivity contribution < 1.29 is 4.39 Å². The maximum atomic E-state index is 13.7. The average molecular weight is 258 g/mol. The van der Waals surface area contributed by atoms with Gasteiger partial charge in [-0.25, -0.2) is 4.39 Å². The number of aromatic nitrogens is 2. The van der Waals surface area contributed by atoms with Crippen LogP contribution in [-0.4, -0.2) is 9.55 Å². The van der Waals surface area contributed by atoms with Gasteiger partial charge in [-0.3, -0.25) is 4.57 Å². The molecule has 3 rings (SSSR count). The first-order valence-corrected chi connectivity index (χ1v) is 6.04. The summed E-state index contributed by atoms with van der Waals surface area (Å²) < 4.78 is 16.0. The lowest BCUT2D eigenvalue weighted by atomic mass is 10.2. The average Bonchev–Trinajstić information content (AvgIpc) is 2.67. The number of rotatable bonds is 1. The van der Waals surface area contributed by atoms with Crippen molar-refractivity contribution in [1.82, 2.24) is 9.55 Å². The molecule has 0 radical (unpaired) electrons. The molecule has 0 unspecified atom stereocenters. The molecule has 0 amide bonds. The van der Waals surface area contributed by atoms with Crippen LogP contribution in [0.15, 0.2) is 42.5 Å². The smallest absolute Gasteiger partial charge is 0.182 e. The van der Waals surface area contributed by atoms with Crippen molar-refractivity contribution >= 4 is 23.3 Å². The number of aromatic amines is 1. The van der Waals surface area contributed by atoms with Crippen LogP contribution in [-0.2, 0) is 0 Å². The SMILES string of the molecule is Cc1cccc(-n2c(=S)[nH]c3c(F)cccc32)c1. The Morgan fingerprint density at radius 1 is 1.17 bits per heavy atom. The predicted molar refractivity (Wildman–Crippen MR) is 73.2 cm³/mol. The fraction of sp³-hybridized carbons (Fsp3) is 0.0714. The first-order valence-electron chi connectivity index (χ1n) is 5.63. The molecule has 0 bridgehead atoms. The third kappa shape index (κ3) is 1.66. The number of fused-ring (bicyclic) bond motifs is 1. The fourth-order valence-corrected chi connectivity index (χ4v) is 2.42. The molecule has 1 aromatic heterocycles. The fourth-order valence-electron chi connectivity index (χ4n) is 2.12. The molecule has 1 N–H and O–H groups in total. The quantitative estimate of drug-likeness (QED) is 0.651. The first kappa shape index (κ1) is 11.2. The second-order valence-corrected chi connectivity index (χ2v) is 4.63. The van der Waals surface area contributed by atoms with Crippen molar-refractivity contribution in [2.75, 3.05) is 0 Å². The van der Waals surface area contributed by atoms with Gasteiger partial charge in [0.1, 0.15) is 11.3 Å². The first-order chi connectivity index (χ1) is 8.66. The van der Waals surface area contributed by atoms with Crippen LogP contribution in [0.2, 0.25) is 0 Å². The number of hydrogen-bond donors (Lipinski definition) is 1. The highest BCUT2D eigenvalue weighted by molar-refractivity contribution is 7.71. The van der Waals surface area contributed by atoms with E-state index in [2.05, 4.69) is 4.98 Å². The summed E-state index contributed by atoms with van der Waals surface area (Å²) in [5, 5.41) is 0. The third-order valence-corrected chi connectivity index (χ3v) is 3.21. The van der Waals surface area contributed by atoms with Crippen LogP contribution in [0, 0.1) is 17.5 Å². The molecule has 0 fully saturated rings. The number of benzene rings is 2. The van der Waals surface area contributed by atoms with E-state index in [0.29, 0.717) is 10.3 Å². The van der Waals surface area contributed by atoms with E-state index < -0.39 is 0 Å². The topological polar surface area (TPSA) is 20.7 Å². The minimum atomic E-state index is -0.287. The van der Waals surface area contributed by atoms with E-state index in [1.54, 1.807) is 6.07 Å². The zero-order chi connectivity index (χ0) is 12.7. The van der Waals surface area contributed by atoms with Gasteiger partial charge < -0.3 is 4.98 Å². The van der Waals surface area contributed by atoms with Crippen molar-refractivity contribution in [3.63, 3.8) is 0 Å². The van der Waals surface area contributed by atoms with Gasteiger partial charge in [0.2, 0.25) is 0 Å². The Bertz CT molecular complexity index is 786. The lowest BCUT2D eigenvalue weighted by Gasteiger charge is -2.05. The van der Waals surface area contributed by atoms with E-state index in [1.165, 1.54) is 6.07 Å². The largest absolute Gasteiger partial charge is 0.328 e. The minimum Gasteiger partial charge on any atom is -0.328 e. The Hall–Kier alpha value is -1.94. The molecule has 0 saturated heterocycles. The molecule has 2 aromatic carbocycles. The Balaban J connectivity index is 2.39. The number of aryl methyl sites for hydroxylation is 1. The van der Waals surface area contributed by atoms with Crippen LogP contribution < -0.4 is 0 Å². The van der Waals surface area contributed by atoms with Crippen LogP contribution in [0.25, 0.3) is 16.7 Å². The second-order valence-electron chi connectivity index (χ2n) is 4.24. The number of H-pyrrole nitrogens is 1. The van der Waals surface area contributed by atoms with Gasteiger partial charge >= 0.3 is 0 Å². The third-order valence-electron chi connectivity index (χ3n) is 2.93. The highest BCUT2D eigenvalue weighted by Crippen LogP contribution is 2.22. The molecule has 0 aliphatic carbocycles. The lowest BCUT2D eigenvalue weighted by Crippen LogP contribution is -1.94. The Kier molecular flexibility index (Phi) is 2.52. The Morgan fingerprint density at radius 3 is 2.72 bits per heavy atom. The van der Waals surface area contributed by atoms with E-state index in [-0.39, 0.29) is 5.82 Å². The second kappa shape index (κ2) is 4.07. The molecule has 0 aliphatic heterocycles. The normalized spacial score (nSPS) is 11.0. The van der Waals surface area contributed by atoms with Crippen LogP contribution in [0.1, 0.15) is 5.56 Å². The molecule has 0 spiro atoms. The molecule has 4 heteroatoms. The maximum absolute atomic E-state index is 13.7. The summed E-state index contributed by atoms with van der Waals surface area (Å²) >= 11 is 5.28. The highest BCUT2D eigenvalue weighted by Gasteiger charge is 2.09. The van der Waals surface area contributed by atoms with Gasteiger partial charge in [0.15, 0.2) is 4.77 Å². The molecule has 2 nitrogen and oxygen atoms in total. The maximum Gasteiger partial charge on any atom is 0.182 e. The van der Waals surface area contributed by atoms with Gasteiger partial charge in [-0.15, -0.1) is 0 Å². The lowest BCUT2D eigenvalue weighted by molar-refractivity contribution is 0.637. The van der Waals surface area contributed by atoms with Crippen LogP contribution in [0.4, 0.5) is 4.39 Å². The van der Waals surface area contributed by atoms with E-state index in [4.69, 9.17) is 12.2 Å². The number of para-hydroxylation sites is 1. The summed E-state index contributed by atoms with van der Waals surface area (Å²) in [6, 6.07) is 12.9. The number of hydrogen-bond acceptors (Lipinski definition) is 1. The van der Waals surface area contributed by atoms with E-state index >= 15 is 0 Å². The minimum absolute atomic E-state index is 0.287. The van der Waals surface area contributed by atoms with Gasteiger partial charge in [0, 0.05) is 5.69 Å². The molecule has 0 saturated carbocycles. The number of nitrogens with zero attached hydrogens (tertiary/aromatic N) is 1. The summed E-state index contributed by atoms with van der Waals surface area (Å²) in [6.45, 7) is 2.02. The molecule has 0 aliphatic rings. The van der Waals surface area contributed by atoms with Crippen molar-refractivity contribution in [1.29, 1.82) is 0 Å². The van der Waals surface area contributed by atoms with E-state index in [0.717, 1.165) is 16.8 Å². The zero-order valence-electron chi connectivity index (χ0n) is 9.77. The molecule has 18 heavy (non-hydrogen) atoms. The molecule has 3 aromatic rings. The van der Waals surface area contributed by atoms with Crippen LogP contribution >= 0.6 is 12.2 Å². The van der Waals surface area contributed by atoms with Gasteiger partial charge in [0.05, 0.1) is 5.52 Å². The standard InChI is InChI=1S/C14H11FN2S/c1-9-4-2-5-10(8-9)17-12-7-3-6-11(15)13(12)16-14(17)18/h2-8H,1H3,(H,16,18). The molecule has 90 valence electrons. The number of halogens is 1. The molecular formula is C14H11FN2S. The summed E-state index contributed by atoms with van der Waals surface area (Å²) in [7, 11) is 0. The highest BCUT2D eigenvalue weighted by atomic mass is 32.1. The molecule has 0 atom stereocenters. The van der Waals surface area contributed by atoms with Gasteiger partial charge in [-0.2, -0.15) is 0 Å². The number of imidazole rings is 1. The van der Waals surface area contributed by atoms with Crippen LogP contribution in [0.3, 0.4) is 0 Å². The summed E-state index contributed by atoms with van der Waals surface area (Å²) in [6.07, 6.45) is 0. The predicted octanol–water partition coefficient (Wildman–Crippen LogP) is 4.14. The van der Waals surface area contributed by atoms with Crippen molar-refractivity contribution in [3.8, 4) is 5.69 Å². The summed E-state index contributed by atoms with van der Waals surface area (Å²) in [5.74, 6) is -0.287. The van der Waals surface area contributed by atoms with E-state index in [9.17, 15) is 4.39 Å². The summed E-state index contributed by atoms with van der Waals surface area (Å²) in [4.78, 5) is 2.92. The van der Waals surface area contributed by atoms with Gasteiger partial charge in [-0.05, 0) is 49.0 Å². The Labute approximate surface area is 109 Å². The Morgan fingerprint density at radius 2 is 1.94 bits per heavy atom. The molecule has 1 heterocycles. The van der Waals surface area contributed by atoms with Crippen molar-refractivity contribution in [2.24, 2.45) is 0 Å². The van der Waals surface area contributed by atoms with Crippen molar-refractivity contribution in [3.05, 3.63) is 58.6 Å². The zero-order valence-corrected chi connectivity index (χ0v) is 10.6. The molecular weight excluding hydrogens is 247 g/mol. The van der Waals surface area contributed by atoms with Gasteiger partial charge in [0.25, 0.3) is 0 Å². The van der Waals surface area contributed by atoms with E-state index in [1.807, 2.05) is 41.8 Å². The number of nitrogens with one attached hydrogen (secondary N) is 1. The monoisotopic (exact) mass is 258 g/mol. The van der Waals surface area contributed by atoms with Crippen LogP contribution in [0.5, 0.6) is 0 Å².